The lowest BCUT2D eigenvalue weighted by Gasteiger charge is -2.23. The van der Waals surface area contributed by atoms with Crippen LogP contribution in [0.25, 0.3) is 0 Å². The second-order valence-electron chi connectivity index (χ2n) is 6.79. The molecule has 9 heteroatoms. The van der Waals surface area contributed by atoms with Gasteiger partial charge in [0, 0.05) is 18.0 Å². The Kier molecular flexibility index (Phi) is 7.62. The summed E-state index contributed by atoms with van der Waals surface area (Å²) < 4.78 is 76.6. The minimum atomic E-state index is -4.68. The summed E-state index contributed by atoms with van der Waals surface area (Å²) in [6.07, 6.45) is -7.91. The van der Waals surface area contributed by atoms with Crippen molar-refractivity contribution < 1.29 is 31.4 Å². The fraction of sp³-hybridized carbons (Fsp3) is 0.381. The summed E-state index contributed by atoms with van der Waals surface area (Å²) in [4.78, 5) is 0. The van der Waals surface area contributed by atoms with Crippen LogP contribution in [0.5, 0.6) is 11.5 Å². The number of alkyl halides is 5. The number of rotatable bonds is 8. The third-order valence-electron chi connectivity index (χ3n) is 4.63. The van der Waals surface area contributed by atoms with Crippen LogP contribution < -0.4 is 15.2 Å². The molecule has 0 fully saturated rings. The summed E-state index contributed by atoms with van der Waals surface area (Å²) in [5.41, 5.74) is 4.01. The topological polar surface area (TPSA) is 68.3 Å². The number of benzene rings is 2. The summed E-state index contributed by atoms with van der Waals surface area (Å²) in [6, 6.07) is 8.85. The number of nitrogens with zero attached hydrogens (tertiary/aromatic N) is 1. The molecule has 2 N–H and O–H groups in total. The molecule has 0 aliphatic rings. The van der Waals surface area contributed by atoms with Gasteiger partial charge in [0.25, 0.3) is 6.43 Å². The van der Waals surface area contributed by atoms with E-state index >= 15 is 0 Å². The van der Waals surface area contributed by atoms with Crippen molar-refractivity contribution in [3.63, 3.8) is 0 Å². The standard InChI is InChI=1S/C21H21F5N2O2/c1-12(11-29-16-5-3-14(9-27)18(7-16)20(22)23)13(2)30-17-6-4-15(10-28)19(8-17)21(24,25)26/h3-8,12-13,20H,9,11,27H2,1-2H3. The molecule has 162 valence electrons. The van der Waals surface area contributed by atoms with E-state index in [0.717, 1.165) is 12.1 Å². The Morgan fingerprint density at radius 2 is 1.73 bits per heavy atom. The van der Waals surface area contributed by atoms with Gasteiger partial charge in [-0.05, 0) is 42.8 Å². The van der Waals surface area contributed by atoms with E-state index in [2.05, 4.69) is 0 Å². The van der Waals surface area contributed by atoms with Gasteiger partial charge in [0.2, 0.25) is 0 Å². The van der Waals surface area contributed by atoms with Gasteiger partial charge in [-0.25, -0.2) is 8.78 Å². The number of ether oxygens (including phenoxy) is 2. The molecule has 0 bridgehead atoms. The first-order valence-corrected chi connectivity index (χ1v) is 9.08. The molecular formula is C21H21F5N2O2. The molecule has 4 nitrogen and oxygen atoms in total. The van der Waals surface area contributed by atoms with Crippen LogP contribution in [-0.2, 0) is 12.7 Å². The molecule has 0 aliphatic carbocycles. The highest BCUT2D eigenvalue weighted by Crippen LogP contribution is 2.34. The zero-order valence-corrected chi connectivity index (χ0v) is 16.3. The maximum absolute atomic E-state index is 13.1. The monoisotopic (exact) mass is 428 g/mol. The minimum absolute atomic E-state index is 0.0221. The van der Waals surface area contributed by atoms with Crippen molar-refractivity contribution in [3.8, 4) is 17.6 Å². The SMILES string of the molecule is CC(COc1ccc(CN)c(C(F)F)c1)C(C)Oc1ccc(C#N)c(C(F)(F)F)c1. The van der Waals surface area contributed by atoms with Crippen molar-refractivity contribution in [2.24, 2.45) is 11.7 Å². The maximum atomic E-state index is 13.1. The van der Waals surface area contributed by atoms with Crippen LogP contribution >= 0.6 is 0 Å². The number of halogens is 5. The van der Waals surface area contributed by atoms with Gasteiger partial charge in [-0.15, -0.1) is 0 Å². The fourth-order valence-corrected chi connectivity index (χ4v) is 2.67. The third-order valence-corrected chi connectivity index (χ3v) is 4.63. The zero-order valence-electron chi connectivity index (χ0n) is 16.3. The predicted molar refractivity (Wildman–Crippen MR) is 100 cm³/mol. The van der Waals surface area contributed by atoms with E-state index in [0.29, 0.717) is 5.56 Å². The molecular weight excluding hydrogens is 407 g/mol. The Morgan fingerprint density at radius 1 is 1.07 bits per heavy atom. The first kappa shape index (κ1) is 23.4. The molecule has 2 rings (SSSR count). The van der Waals surface area contributed by atoms with Crippen molar-refractivity contribution >= 4 is 0 Å². The summed E-state index contributed by atoms with van der Waals surface area (Å²) in [5.74, 6) is -0.0774. The summed E-state index contributed by atoms with van der Waals surface area (Å²) in [5, 5.41) is 8.85. The van der Waals surface area contributed by atoms with Gasteiger partial charge in [-0.3, -0.25) is 0 Å². The molecule has 0 aromatic heterocycles. The second-order valence-corrected chi connectivity index (χ2v) is 6.79. The highest BCUT2D eigenvalue weighted by molar-refractivity contribution is 5.44. The lowest BCUT2D eigenvalue weighted by molar-refractivity contribution is -0.137. The molecule has 0 heterocycles. The number of nitrogens with two attached hydrogens (primary N) is 1. The quantitative estimate of drug-likeness (QED) is 0.568. The summed E-state index contributed by atoms with van der Waals surface area (Å²) in [7, 11) is 0. The number of nitriles is 1. The van der Waals surface area contributed by atoms with Crippen LogP contribution in [0.4, 0.5) is 22.0 Å². The second kappa shape index (κ2) is 9.76. The smallest absolute Gasteiger partial charge is 0.417 e. The molecule has 30 heavy (non-hydrogen) atoms. The van der Waals surface area contributed by atoms with Crippen LogP contribution in [0.2, 0.25) is 0 Å². The lowest BCUT2D eigenvalue weighted by Crippen LogP contribution is -2.26. The van der Waals surface area contributed by atoms with Crippen LogP contribution in [0.3, 0.4) is 0 Å². The van der Waals surface area contributed by atoms with E-state index in [1.807, 2.05) is 0 Å². The molecule has 2 aromatic carbocycles. The molecule has 0 aliphatic heterocycles. The van der Waals surface area contributed by atoms with Gasteiger partial charge in [0.05, 0.1) is 23.8 Å². The predicted octanol–water partition coefficient (Wildman–Crippen LogP) is 5.46. The Labute approximate surface area is 171 Å². The third kappa shape index (κ3) is 5.83. The highest BCUT2D eigenvalue weighted by Gasteiger charge is 2.34. The number of hydrogen-bond acceptors (Lipinski definition) is 4. The van der Waals surface area contributed by atoms with Gasteiger partial charge in [0.1, 0.15) is 17.6 Å². The molecule has 0 radical (unpaired) electrons. The van der Waals surface area contributed by atoms with Crippen molar-refractivity contribution in [1.29, 1.82) is 5.26 Å². The first-order valence-electron chi connectivity index (χ1n) is 9.08. The van der Waals surface area contributed by atoms with Crippen molar-refractivity contribution in [2.75, 3.05) is 6.61 Å². The van der Waals surface area contributed by atoms with E-state index in [-0.39, 0.29) is 36.1 Å². The Morgan fingerprint density at radius 3 is 2.30 bits per heavy atom. The normalized spacial score (nSPS) is 13.6. The number of hydrogen-bond donors (Lipinski definition) is 1. The fourth-order valence-electron chi connectivity index (χ4n) is 2.67. The van der Waals surface area contributed by atoms with Crippen LogP contribution in [0.1, 0.15) is 42.5 Å². The first-order chi connectivity index (χ1) is 14.1. The Hall–Kier alpha value is -2.86. The van der Waals surface area contributed by atoms with E-state index in [9.17, 15) is 22.0 Å². The summed E-state index contributed by atoms with van der Waals surface area (Å²) in [6.45, 7) is 3.48. The van der Waals surface area contributed by atoms with Crippen molar-refractivity contribution in [1.82, 2.24) is 0 Å². The molecule has 2 atom stereocenters. The molecule has 0 spiro atoms. The van der Waals surface area contributed by atoms with Gasteiger partial charge in [-0.2, -0.15) is 18.4 Å². The maximum Gasteiger partial charge on any atom is 0.417 e. The van der Waals surface area contributed by atoms with Gasteiger partial charge in [0.15, 0.2) is 0 Å². The molecule has 0 saturated heterocycles. The minimum Gasteiger partial charge on any atom is -0.493 e. The van der Waals surface area contributed by atoms with Crippen molar-refractivity contribution in [3.05, 3.63) is 58.7 Å². The Balaban J connectivity index is 2.05. The van der Waals surface area contributed by atoms with Gasteiger partial charge in [-0.1, -0.05) is 13.0 Å². The molecule has 2 unspecified atom stereocenters. The summed E-state index contributed by atoms with van der Waals surface area (Å²) >= 11 is 0. The van der Waals surface area contributed by atoms with Crippen LogP contribution in [-0.4, -0.2) is 12.7 Å². The van der Waals surface area contributed by atoms with E-state index < -0.39 is 29.8 Å². The van der Waals surface area contributed by atoms with Crippen LogP contribution in [0.15, 0.2) is 36.4 Å². The molecule has 0 saturated carbocycles. The van der Waals surface area contributed by atoms with Gasteiger partial charge < -0.3 is 15.2 Å². The highest BCUT2D eigenvalue weighted by atomic mass is 19.4. The molecule has 0 amide bonds. The van der Waals surface area contributed by atoms with E-state index in [1.54, 1.807) is 13.8 Å². The zero-order chi connectivity index (χ0) is 22.5. The largest absolute Gasteiger partial charge is 0.493 e. The van der Waals surface area contributed by atoms with E-state index in [1.165, 1.54) is 30.3 Å². The van der Waals surface area contributed by atoms with E-state index in [4.69, 9.17) is 20.5 Å². The molecule has 2 aromatic rings. The lowest BCUT2D eigenvalue weighted by atomic mass is 10.1. The van der Waals surface area contributed by atoms with Crippen molar-refractivity contribution in [2.45, 2.75) is 39.1 Å². The Bertz CT molecular complexity index is 909. The average Bonchev–Trinajstić information content (AvgIpc) is 2.70. The average molecular weight is 428 g/mol. The van der Waals surface area contributed by atoms with Crippen LogP contribution in [0, 0.1) is 17.2 Å². The van der Waals surface area contributed by atoms with Gasteiger partial charge >= 0.3 is 6.18 Å².